The number of unbranched alkanes of at least 4 members (excludes halogenated alkanes) is 1. The molecular weight excluding hydrogens is 248 g/mol. The Bertz CT molecular complexity index is 758. The Morgan fingerprint density at radius 2 is 2.00 bits per heavy atom. The monoisotopic (exact) mass is 268 g/mol. The molecule has 0 atom stereocenters. The average molecular weight is 268 g/mol. The molecule has 0 saturated carbocycles. The molecule has 4 heteroatoms. The maximum Gasteiger partial charge on any atom is 0.152 e. The van der Waals surface area contributed by atoms with Crippen molar-refractivity contribution in [2.45, 2.75) is 39.7 Å². The van der Waals surface area contributed by atoms with Crippen molar-refractivity contribution >= 4 is 27.6 Å². The molecule has 0 aliphatic heterocycles. The standard InChI is InChI=1S/C16H20N4/c1-3-5-10-13-14-11-8-6-7-9-12(11)18-16(17)15(14)19-20(13)4-2/h6-9H,3-5,10H2,1-2H3,(H2,17,18). The van der Waals surface area contributed by atoms with E-state index >= 15 is 0 Å². The van der Waals surface area contributed by atoms with Gasteiger partial charge in [-0.15, -0.1) is 0 Å². The number of aromatic nitrogens is 3. The number of nitrogens with two attached hydrogens (primary N) is 1. The first-order valence-corrected chi connectivity index (χ1v) is 7.29. The maximum atomic E-state index is 6.10. The predicted octanol–water partition coefficient (Wildman–Crippen LogP) is 3.53. The minimum atomic E-state index is 0.531. The molecule has 0 bridgehead atoms. The normalized spacial score (nSPS) is 11.5. The van der Waals surface area contributed by atoms with E-state index in [4.69, 9.17) is 5.73 Å². The molecule has 0 aliphatic rings. The minimum absolute atomic E-state index is 0.531. The molecule has 3 aromatic rings. The lowest BCUT2D eigenvalue weighted by molar-refractivity contribution is 0.614. The fourth-order valence-corrected chi connectivity index (χ4v) is 2.78. The molecule has 0 unspecified atom stereocenters. The zero-order chi connectivity index (χ0) is 14.1. The third kappa shape index (κ3) is 1.92. The van der Waals surface area contributed by atoms with E-state index in [9.17, 15) is 0 Å². The van der Waals surface area contributed by atoms with Crippen molar-refractivity contribution in [2.24, 2.45) is 0 Å². The number of nitrogens with zero attached hydrogens (tertiary/aromatic N) is 3. The van der Waals surface area contributed by atoms with Gasteiger partial charge in [-0.05, 0) is 25.8 Å². The van der Waals surface area contributed by atoms with Gasteiger partial charge in [-0.1, -0.05) is 31.5 Å². The van der Waals surface area contributed by atoms with E-state index in [0.29, 0.717) is 5.82 Å². The lowest BCUT2D eigenvalue weighted by Crippen LogP contribution is -2.02. The Labute approximate surface area is 118 Å². The van der Waals surface area contributed by atoms with Crippen molar-refractivity contribution in [3.63, 3.8) is 0 Å². The van der Waals surface area contributed by atoms with Crippen LogP contribution in [0.5, 0.6) is 0 Å². The van der Waals surface area contributed by atoms with E-state index in [1.807, 2.05) is 18.2 Å². The number of pyridine rings is 1. The summed E-state index contributed by atoms with van der Waals surface area (Å²) in [5.41, 5.74) is 9.18. The van der Waals surface area contributed by atoms with Crippen LogP contribution in [0.2, 0.25) is 0 Å². The topological polar surface area (TPSA) is 56.7 Å². The molecule has 104 valence electrons. The highest BCUT2D eigenvalue weighted by Gasteiger charge is 2.16. The van der Waals surface area contributed by atoms with E-state index in [1.54, 1.807) is 0 Å². The second-order valence-electron chi connectivity index (χ2n) is 5.10. The van der Waals surface area contributed by atoms with Gasteiger partial charge in [-0.25, -0.2) is 4.98 Å². The summed E-state index contributed by atoms with van der Waals surface area (Å²) in [7, 11) is 0. The molecule has 0 fully saturated rings. The van der Waals surface area contributed by atoms with Crippen molar-refractivity contribution in [3.05, 3.63) is 30.0 Å². The Kier molecular flexibility index (Phi) is 3.30. The second kappa shape index (κ2) is 5.12. The summed E-state index contributed by atoms with van der Waals surface area (Å²) in [6.07, 6.45) is 3.38. The fourth-order valence-electron chi connectivity index (χ4n) is 2.78. The van der Waals surface area contributed by atoms with Crippen molar-refractivity contribution in [1.29, 1.82) is 0 Å². The first kappa shape index (κ1) is 12.9. The van der Waals surface area contributed by atoms with Crippen molar-refractivity contribution in [3.8, 4) is 0 Å². The van der Waals surface area contributed by atoms with Crippen LogP contribution in [0.1, 0.15) is 32.4 Å². The molecule has 0 saturated heterocycles. The van der Waals surface area contributed by atoms with Crippen LogP contribution in [-0.2, 0) is 13.0 Å². The Hall–Kier alpha value is -2.10. The molecule has 2 N–H and O–H groups in total. The van der Waals surface area contributed by atoms with E-state index in [-0.39, 0.29) is 0 Å². The number of aryl methyl sites for hydroxylation is 2. The van der Waals surface area contributed by atoms with Crippen LogP contribution in [-0.4, -0.2) is 14.8 Å². The van der Waals surface area contributed by atoms with Crippen LogP contribution in [0.4, 0.5) is 5.82 Å². The van der Waals surface area contributed by atoms with E-state index in [1.165, 1.54) is 17.5 Å². The number of anilines is 1. The van der Waals surface area contributed by atoms with Crippen LogP contribution in [0.25, 0.3) is 21.8 Å². The van der Waals surface area contributed by atoms with Crippen LogP contribution < -0.4 is 5.73 Å². The zero-order valence-electron chi connectivity index (χ0n) is 12.1. The number of rotatable bonds is 4. The van der Waals surface area contributed by atoms with Crippen LogP contribution in [0.3, 0.4) is 0 Å². The Morgan fingerprint density at radius 1 is 1.20 bits per heavy atom. The summed E-state index contributed by atoms with van der Waals surface area (Å²) < 4.78 is 2.07. The molecule has 0 spiro atoms. The number of nitrogen functional groups attached to an aromatic ring is 1. The lowest BCUT2D eigenvalue weighted by atomic mass is 10.1. The summed E-state index contributed by atoms with van der Waals surface area (Å²) in [6.45, 7) is 5.19. The SMILES string of the molecule is CCCCc1c2c(nn1CC)c(N)nc1ccccc12. The van der Waals surface area contributed by atoms with Gasteiger partial charge in [0.15, 0.2) is 5.82 Å². The smallest absolute Gasteiger partial charge is 0.152 e. The number of hydrogen-bond donors (Lipinski definition) is 1. The van der Waals surface area contributed by atoms with Crippen molar-refractivity contribution in [1.82, 2.24) is 14.8 Å². The van der Waals surface area contributed by atoms with Crippen molar-refractivity contribution in [2.75, 3.05) is 5.73 Å². The first-order valence-electron chi connectivity index (χ1n) is 7.29. The molecule has 0 aliphatic carbocycles. The summed E-state index contributed by atoms with van der Waals surface area (Å²) in [5, 5.41) is 7.00. The molecule has 0 amide bonds. The Morgan fingerprint density at radius 3 is 2.75 bits per heavy atom. The highest BCUT2D eigenvalue weighted by atomic mass is 15.3. The summed E-state index contributed by atoms with van der Waals surface area (Å²) in [5.74, 6) is 0.531. The number of hydrogen-bond acceptors (Lipinski definition) is 3. The molecular formula is C16H20N4. The number of benzene rings is 1. The third-order valence-electron chi connectivity index (χ3n) is 3.78. The summed E-state index contributed by atoms with van der Waals surface area (Å²) in [6, 6.07) is 8.17. The van der Waals surface area contributed by atoms with E-state index < -0.39 is 0 Å². The summed E-state index contributed by atoms with van der Waals surface area (Å²) in [4.78, 5) is 4.47. The maximum absolute atomic E-state index is 6.10. The summed E-state index contributed by atoms with van der Waals surface area (Å²) >= 11 is 0. The van der Waals surface area contributed by atoms with Gasteiger partial charge in [-0.2, -0.15) is 5.10 Å². The van der Waals surface area contributed by atoms with Gasteiger partial charge in [0.25, 0.3) is 0 Å². The molecule has 20 heavy (non-hydrogen) atoms. The fraction of sp³-hybridized carbons (Fsp3) is 0.375. The number of para-hydroxylation sites is 1. The largest absolute Gasteiger partial charge is 0.382 e. The van der Waals surface area contributed by atoms with Gasteiger partial charge in [0.2, 0.25) is 0 Å². The van der Waals surface area contributed by atoms with Gasteiger partial charge in [-0.3, -0.25) is 4.68 Å². The molecule has 3 rings (SSSR count). The molecule has 1 aromatic carbocycles. The highest BCUT2D eigenvalue weighted by Crippen LogP contribution is 2.31. The Balaban J connectivity index is 2.38. The van der Waals surface area contributed by atoms with E-state index in [2.05, 4.69) is 34.7 Å². The van der Waals surface area contributed by atoms with Crippen LogP contribution in [0.15, 0.2) is 24.3 Å². The first-order chi connectivity index (χ1) is 9.76. The van der Waals surface area contributed by atoms with E-state index in [0.717, 1.165) is 35.8 Å². The second-order valence-corrected chi connectivity index (χ2v) is 5.10. The van der Waals surface area contributed by atoms with Gasteiger partial charge >= 0.3 is 0 Å². The average Bonchev–Trinajstić information content (AvgIpc) is 2.84. The van der Waals surface area contributed by atoms with Gasteiger partial charge in [0.1, 0.15) is 5.52 Å². The zero-order valence-corrected chi connectivity index (χ0v) is 12.1. The van der Waals surface area contributed by atoms with Crippen LogP contribution >= 0.6 is 0 Å². The third-order valence-corrected chi connectivity index (χ3v) is 3.78. The lowest BCUT2D eigenvalue weighted by Gasteiger charge is -2.06. The molecule has 4 nitrogen and oxygen atoms in total. The number of fused-ring (bicyclic) bond motifs is 3. The molecule has 2 heterocycles. The molecule has 2 aromatic heterocycles. The quantitative estimate of drug-likeness (QED) is 0.787. The minimum Gasteiger partial charge on any atom is -0.382 e. The molecule has 0 radical (unpaired) electrons. The highest BCUT2D eigenvalue weighted by molar-refractivity contribution is 6.09. The van der Waals surface area contributed by atoms with Gasteiger partial charge in [0.05, 0.1) is 5.52 Å². The van der Waals surface area contributed by atoms with Gasteiger partial charge < -0.3 is 5.73 Å². The predicted molar refractivity (Wildman–Crippen MR) is 83.7 cm³/mol. The van der Waals surface area contributed by atoms with Gasteiger partial charge in [0, 0.05) is 23.0 Å². The van der Waals surface area contributed by atoms with Crippen molar-refractivity contribution < 1.29 is 0 Å². The van der Waals surface area contributed by atoms with Crippen LogP contribution in [0, 0.1) is 0 Å².